The van der Waals surface area contributed by atoms with Crippen LogP contribution in [0.15, 0.2) is 35.3 Å². The van der Waals surface area contributed by atoms with Gasteiger partial charge in [0.1, 0.15) is 11.9 Å². The molecular formula is C22H28N4O5. The molecular weight excluding hydrogens is 400 g/mol. The molecule has 0 spiro atoms. The monoisotopic (exact) mass is 428 g/mol. The van der Waals surface area contributed by atoms with Gasteiger partial charge in [0, 0.05) is 51.7 Å². The standard InChI is InChI=1S/C22H28N4O5/c1-14-9-16(12-25(2)21(14)27)20-24-17-10-15(11-23-18(13-31-4)22(28)29)5-6-19(17)26(20)7-8-30-3/h5-6,9-10,12,18,23H,7-8,11,13H2,1-4H3,(H,28,29)/t18-/m0/s1. The number of hydrogen-bond acceptors (Lipinski definition) is 6. The quantitative estimate of drug-likeness (QED) is 0.504. The number of hydrogen-bond donors (Lipinski definition) is 2. The van der Waals surface area contributed by atoms with Crippen molar-refractivity contribution in [1.82, 2.24) is 19.4 Å². The molecule has 3 aromatic rings. The first kappa shape index (κ1) is 22.7. The van der Waals surface area contributed by atoms with Crippen LogP contribution in [0, 0.1) is 6.92 Å². The SMILES string of the molecule is COCCn1c(-c2cc(C)c(=O)n(C)c2)nc2cc(CN[C@@H](COC)C(=O)O)ccc21. The van der Waals surface area contributed by atoms with Gasteiger partial charge in [0.15, 0.2) is 0 Å². The second kappa shape index (κ2) is 9.86. The Balaban J connectivity index is 1.99. The summed E-state index contributed by atoms with van der Waals surface area (Å²) in [5, 5.41) is 12.3. The first-order valence-electron chi connectivity index (χ1n) is 9.96. The molecule has 0 radical (unpaired) electrons. The molecule has 0 amide bonds. The topological polar surface area (TPSA) is 108 Å². The van der Waals surface area contributed by atoms with Crippen molar-refractivity contribution < 1.29 is 19.4 Å². The molecule has 166 valence electrons. The highest BCUT2D eigenvalue weighted by molar-refractivity contribution is 5.81. The Bertz CT molecular complexity index is 1110. The van der Waals surface area contributed by atoms with Crippen molar-refractivity contribution in [3.8, 4) is 11.4 Å². The summed E-state index contributed by atoms with van der Waals surface area (Å²) in [6, 6.07) is 6.91. The van der Waals surface area contributed by atoms with Crippen LogP contribution in [-0.2, 0) is 34.4 Å². The number of aryl methyl sites for hydroxylation is 2. The summed E-state index contributed by atoms with van der Waals surface area (Å²) in [5.74, 6) is -0.210. The molecule has 2 N–H and O–H groups in total. The van der Waals surface area contributed by atoms with Gasteiger partial charge in [-0.25, -0.2) is 4.98 Å². The number of imidazole rings is 1. The fourth-order valence-electron chi connectivity index (χ4n) is 3.54. The van der Waals surface area contributed by atoms with Crippen molar-refractivity contribution in [3.63, 3.8) is 0 Å². The van der Waals surface area contributed by atoms with Crippen molar-refractivity contribution in [2.24, 2.45) is 7.05 Å². The second-order valence-corrected chi connectivity index (χ2v) is 7.46. The van der Waals surface area contributed by atoms with Crippen molar-refractivity contribution >= 4 is 17.0 Å². The van der Waals surface area contributed by atoms with Gasteiger partial charge in [-0.3, -0.25) is 14.9 Å². The summed E-state index contributed by atoms with van der Waals surface area (Å²) in [5.41, 5.74) is 4.09. The maximum atomic E-state index is 12.1. The lowest BCUT2D eigenvalue weighted by Gasteiger charge is -2.13. The zero-order valence-electron chi connectivity index (χ0n) is 18.2. The number of ether oxygens (including phenoxy) is 2. The first-order valence-corrected chi connectivity index (χ1v) is 9.96. The third kappa shape index (κ3) is 5.01. The van der Waals surface area contributed by atoms with Crippen LogP contribution in [0.3, 0.4) is 0 Å². The lowest BCUT2D eigenvalue weighted by Crippen LogP contribution is -2.39. The van der Waals surface area contributed by atoms with E-state index < -0.39 is 12.0 Å². The molecule has 9 heteroatoms. The zero-order valence-corrected chi connectivity index (χ0v) is 18.2. The molecule has 0 aliphatic carbocycles. The van der Waals surface area contributed by atoms with Gasteiger partial charge in [0.25, 0.3) is 5.56 Å². The fraction of sp³-hybridized carbons (Fsp3) is 0.409. The number of methoxy groups -OCH3 is 2. The highest BCUT2D eigenvalue weighted by atomic mass is 16.5. The van der Waals surface area contributed by atoms with E-state index in [4.69, 9.17) is 14.5 Å². The van der Waals surface area contributed by atoms with Gasteiger partial charge in [0.05, 0.1) is 24.2 Å². The van der Waals surface area contributed by atoms with E-state index in [0.29, 0.717) is 25.3 Å². The number of aliphatic carboxylic acids is 1. The van der Waals surface area contributed by atoms with Crippen molar-refractivity contribution in [1.29, 1.82) is 0 Å². The van der Waals surface area contributed by atoms with Crippen LogP contribution in [0.5, 0.6) is 0 Å². The van der Waals surface area contributed by atoms with E-state index >= 15 is 0 Å². The number of aromatic nitrogens is 3. The van der Waals surface area contributed by atoms with Crippen LogP contribution in [0.2, 0.25) is 0 Å². The van der Waals surface area contributed by atoms with Crippen LogP contribution >= 0.6 is 0 Å². The minimum Gasteiger partial charge on any atom is -0.480 e. The average Bonchev–Trinajstić information content (AvgIpc) is 3.10. The molecule has 3 rings (SSSR count). The summed E-state index contributed by atoms with van der Waals surface area (Å²) in [7, 11) is 4.85. The molecule has 9 nitrogen and oxygen atoms in total. The number of carboxylic acids is 1. The molecule has 1 aromatic carbocycles. The minimum atomic E-state index is -0.959. The van der Waals surface area contributed by atoms with Crippen LogP contribution in [0.1, 0.15) is 11.1 Å². The third-order valence-electron chi connectivity index (χ3n) is 5.14. The number of nitrogens with zero attached hydrogens (tertiary/aromatic N) is 3. The Morgan fingerprint density at radius 2 is 2.03 bits per heavy atom. The van der Waals surface area contributed by atoms with E-state index in [1.54, 1.807) is 31.8 Å². The van der Waals surface area contributed by atoms with E-state index in [1.165, 1.54) is 7.11 Å². The summed E-state index contributed by atoms with van der Waals surface area (Å²) in [6.45, 7) is 3.37. The molecule has 1 atom stereocenters. The molecule has 0 aliphatic heterocycles. The molecule has 31 heavy (non-hydrogen) atoms. The first-order chi connectivity index (χ1) is 14.8. The van der Waals surface area contributed by atoms with Crippen LogP contribution in [0.4, 0.5) is 0 Å². The van der Waals surface area contributed by atoms with E-state index in [1.807, 2.05) is 24.3 Å². The highest BCUT2D eigenvalue weighted by Crippen LogP contribution is 2.25. The molecule has 0 bridgehead atoms. The maximum Gasteiger partial charge on any atom is 0.323 e. The summed E-state index contributed by atoms with van der Waals surface area (Å²) >= 11 is 0. The Hall–Kier alpha value is -3.01. The number of rotatable bonds is 10. The normalized spacial score (nSPS) is 12.4. The molecule has 0 unspecified atom stereocenters. The Morgan fingerprint density at radius 3 is 2.68 bits per heavy atom. The van der Waals surface area contributed by atoms with Crippen LogP contribution in [-0.4, -0.2) is 58.7 Å². The predicted molar refractivity (Wildman–Crippen MR) is 117 cm³/mol. The zero-order chi connectivity index (χ0) is 22.5. The van der Waals surface area contributed by atoms with E-state index in [-0.39, 0.29) is 12.2 Å². The highest BCUT2D eigenvalue weighted by Gasteiger charge is 2.18. The maximum absolute atomic E-state index is 12.1. The number of nitrogens with one attached hydrogen (secondary N) is 1. The number of benzene rings is 1. The van der Waals surface area contributed by atoms with E-state index in [9.17, 15) is 14.7 Å². The van der Waals surface area contributed by atoms with Gasteiger partial charge in [-0.1, -0.05) is 6.07 Å². The van der Waals surface area contributed by atoms with Gasteiger partial charge < -0.3 is 23.7 Å². The molecule has 2 aromatic heterocycles. The predicted octanol–water partition coefficient (Wildman–Crippen LogP) is 1.55. The Kier molecular flexibility index (Phi) is 7.21. The third-order valence-corrected chi connectivity index (χ3v) is 5.14. The van der Waals surface area contributed by atoms with E-state index in [2.05, 4.69) is 9.88 Å². The lowest BCUT2D eigenvalue weighted by atomic mass is 10.2. The molecule has 0 fully saturated rings. The average molecular weight is 428 g/mol. The molecule has 2 heterocycles. The van der Waals surface area contributed by atoms with Crippen molar-refractivity contribution in [2.75, 3.05) is 27.4 Å². The number of fused-ring (bicyclic) bond motifs is 1. The van der Waals surface area contributed by atoms with Gasteiger partial charge >= 0.3 is 5.97 Å². The van der Waals surface area contributed by atoms with Crippen LogP contribution in [0.25, 0.3) is 22.4 Å². The molecule has 0 aliphatic rings. The molecule has 0 saturated heterocycles. The van der Waals surface area contributed by atoms with Gasteiger partial charge in [-0.15, -0.1) is 0 Å². The lowest BCUT2D eigenvalue weighted by molar-refractivity contribution is -0.140. The second-order valence-electron chi connectivity index (χ2n) is 7.46. The summed E-state index contributed by atoms with van der Waals surface area (Å²) in [4.78, 5) is 28.2. The van der Waals surface area contributed by atoms with Gasteiger partial charge in [-0.2, -0.15) is 0 Å². The Morgan fingerprint density at radius 1 is 1.26 bits per heavy atom. The molecule has 0 saturated carbocycles. The van der Waals surface area contributed by atoms with Crippen molar-refractivity contribution in [2.45, 2.75) is 26.1 Å². The largest absolute Gasteiger partial charge is 0.480 e. The van der Waals surface area contributed by atoms with E-state index in [0.717, 1.165) is 28.0 Å². The van der Waals surface area contributed by atoms with Crippen molar-refractivity contribution in [3.05, 3.63) is 51.9 Å². The number of pyridine rings is 1. The summed E-state index contributed by atoms with van der Waals surface area (Å²) in [6.07, 6.45) is 1.78. The number of carbonyl (C=O) groups is 1. The number of carboxylic acid groups (broad SMARTS) is 1. The van der Waals surface area contributed by atoms with Gasteiger partial charge in [0.2, 0.25) is 0 Å². The van der Waals surface area contributed by atoms with Crippen LogP contribution < -0.4 is 10.9 Å². The Labute approximate surface area is 180 Å². The fourth-order valence-corrected chi connectivity index (χ4v) is 3.54. The minimum absolute atomic E-state index is 0.0410. The smallest absolute Gasteiger partial charge is 0.323 e. The van der Waals surface area contributed by atoms with Gasteiger partial charge in [-0.05, 0) is 30.7 Å². The summed E-state index contributed by atoms with van der Waals surface area (Å²) < 4.78 is 13.9.